The number of hydrogen-bond acceptors (Lipinski definition) is 14. The first-order valence-corrected chi connectivity index (χ1v) is 19.3. The molecule has 0 aromatic carbocycles. The molecule has 0 saturated carbocycles. The monoisotopic (exact) mass is 745 g/mol. The van der Waals surface area contributed by atoms with E-state index in [0.717, 1.165) is 0 Å². The first-order chi connectivity index (χ1) is 21.3. The lowest BCUT2D eigenvalue weighted by Crippen LogP contribution is -2.69. The number of aliphatic hydroxyl groups is 2. The van der Waals surface area contributed by atoms with Crippen LogP contribution in [0.1, 0.15) is 67.2 Å². The van der Waals surface area contributed by atoms with Gasteiger partial charge >= 0.3 is 26.7 Å². The van der Waals surface area contributed by atoms with Crippen LogP contribution in [0.25, 0.3) is 0 Å². The number of carboxylic acids is 1. The molecule has 0 aromatic rings. The van der Waals surface area contributed by atoms with Gasteiger partial charge in [0, 0.05) is 0 Å². The van der Waals surface area contributed by atoms with Gasteiger partial charge in [-0.2, -0.15) is 30.0 Å². The number of nitrogens with one attached hydrogen (secondary N) is 1. The van der Waals surface area contributed by atoms with Crippen LogP contribution < -0.4 is 4.72 Å². The molecule has 2 fully saturated rings. The maximum Gasteiger partial charge on any atom is 0.397 e. The third kappa shape index (κ3) is 11.2. The molecule has 278 valence electrons. The molecule has 6 unspecified atom stereocenters. The van der Waals surface area contributed by atoms with Crippen molar-refractivity contribution in [2.24, 2.45) is 11.3 Å². The van der Waals surface area contributed by atoms with Gasteiger partial charge in [-0.25, -0.2) is 8.98 Å². The zero-order chi connectivity index (χ0) is 36.3. The molecule has 2 saturated heterocycles. The van der Waals surface area contributed by atoms with Gasteiger partial charge in [0.25, 0.3) is 10.1 Å². The summed E-state index contributed by atoms with van der Waals surface area (Å²) >= 11 is 0. The number of hydrogen-bond donors (Lipinski definition) is 7. The summed E-state index contributed by atoms with van der Waals surface area (Å²) in [6.07, 6.45) is -13.7. The maximum absolute atomic E-state index is 12.3. The highest BCUT2D eigenvalue weighted by atomic mass is 32.3. The molecular weight excluding hydrogens is 698 g/mol. The molecule has 10 atom stereocenters. The first kappa shape index (κ1) is 42.0. The van der Waals surface area contributed by atoms with Crippen LogP contribution in [0.5, 0.6) is 0 Å². The van der Waals surface area contributed by atoms with Crippen molar-refractivity contribution < 1.29 is 82.2 Å². The molecule has 2 rings (SSSR count). The van der Waals surface area contributed by atoms with Gasteiger partial charge in [0.05, 0.1) is 42.1 Å². The van der Waals surface area contributed by atoms with Gasteiger partial charge in [0.2, 0.25) is 0 Å². The molecule has 0 aliphatic carbocycles. The smallest absolute Gasteiger partial charge is 0.397 e. The summed E-state index contributed by atoms with van der Waals surface area (Å²) in [5.41, 5.74) is -1.97. The topological polar surface area (TPSA) is 299 Å². The lowest BCUT2D eigenvalue weighted by atomic mass is 9.73. The summed E-state index contributed by atoms with van der Waals surface area (Å²) < 4.78 is 129. The Morgan fingerprint density at radius 2 is 1.40 bits per heavy atom. The average Bonchev–Trinajstić information content (AvgIpc) is 2.95. The Hall–Kier alpha value is -1.12. The van der Waals surface area contributed by atoms with Crippen molar-refractivity contribution in [2.45, 2.75) is 128 Å². The molecule has 0 bridgehead atoms. The minimum absolute atomic E-state index is 0.298. The molecule has 0 amide bonds. The van der Waals surface area contributed by atoms with Crippen molar-refractivity contribution >= 4 is 36.8 Å². The van der Waals surface area contributed by atoms with Crippen molar-refractivity contribution in [3.05, 3.63) is 0 Å². The highest BCUT2D eigenvalue weighted by Gasteiger charge is 2.57. The van der Waals surface area contributed by atoms with E-state index < -0.39 is 121 Å². The average molecular weight is 746 g/mol. The summed E-state index contributed by atoms with van der Waals surface area (Å²) in [6.45, 7) is 9.06. The second-order valence-electron chi connectivity index (χ2n) is 12.3. The standard InChI is InChI=1S/C25H47NO18S3/c1-7-24(5,8-2)21-15(26-46(34,35)36)17(28)18(14(41-21)11-40-47(37,38)39)42-23-13(12-45(31,32)33)16(27)19(20(43-23)22(29)30)44-25(6,9-3)10-4/h13-21,23,26-28H,7-12H2,1-6H3,(H,29,30)(H,31,32,33)(H,34,35,36)(H,37,38,39)/t13?,14?,15?,16?,17?,18-,19+,20?,21+,23-/m1/s1. The molecule has 0 spiro atoms. The van der Waals surface area contributed by atoms with Gasteiger partial charge < -0.3 is 34.3 Å². The predicted octanol–water partition coefficient (Wildman–Crippen LogP) is -0.455. The first-order valence-electron chi connectivity index (χ1n) is 14.9. The van der Waals surface area contributed by atoms with E-state index in [4.69, 9.17) is 18.9 Å². The summed E-state index contributed by atoms with van der Waals surface area (Å²) in [5, 5.41) is 32.9. The van der Waals surface area contributed by atoms with Gasteiger partial charge in [-0.05, 0) is 38.0 Å². The molecule has 2 aliphatic rings. The molecule has 0 radical (unpaired) electrons. The van der Waals surface area contributed by atoms with Gasteiger partial charge in [0.1, 0.15) is 24.4 Å². The Kier molecular flexibility index (Phi) is 14.2. The zero-order valence-corrected chi connectivity index (χ0v) is 29.3. The van der Waals surface area contributed by atoms with Crippen molar-refractivity contribution in [1.82, 2.24) is 4.72 Å². The van der Waals surface area contributed by atoms with E-state index in [9.17, 15) is 59.0 Å². The van der Waals surface area contributed by atoms with Crippen LogP contribution in [-0.2, 0) is 58.7 Å². The van der Waals surface area contributed by atoms with Crippen LogP contribution in [0.3, 0.4) is 0 Å². The highest BCUT2D eigenvalue weighted by Crippen LogP contribution is 2.41. The predicted molar refractivity (Wildman–Crippen MR) is 160 cm³/mol. The Balaban J connectivity index is 2.69. The maximum atomic E-state index is 12.3. The highest BCUT2D eigenvalue weighted by molar-refractivity contribution is 7.85. The fourth-order valence-electron chi connectivity index (χ4n) is 5.65. The van der Waals surface area contributed by atoms with Crippen LogP contribution in [-0.4, -0.2) is 133 Å². The van der Waals surface area contributed by atoms with Gasteiger partial charge in [-0.1, -0.05) is 34.6 Å². The molecular formula is C25H47NO18S3. The lowest BCUT2D eigenvalue weighted by Gasteiger charge is -2.52. The third-order valence-electron chi connectivity index (χ3n) is 9.25. The quantitative estimate of drug-likeness (QED) is 0.0927. The number of aliphatic carboxylic acids is 1. The number of carbonyl (C=O) groups is 1. The Morgan fingerprint density at radius 1 is 0.851 bits per heavy atom. The Labute approximate surface area is 274 Å². The van der Waals surface area contributed by atoms with E-state index in [0.29, 0.717) is 25.7 Å². The largest absolute Gasteiger partial charge is 0.479 e. The van der Waals surface area contributed by atoms with Crippen LogP contribution in [0, 0.1) is 11.3 Å². The molecule has 22 heteroatoms. The van der Waals surface area contributed by atoms with E-state index in [-0.39, 0.29) is 0 Å². The zero-order valence-electron chi connectivity index (χ0n) is 26.8. The second kappa shape index (κ2) is 15.8. The fourth-order valence-corrected chi connectivity index (χ4v) is 7.41. The normalized spacial score (nSPS) is 33.1. The summed E-state index contributed by atoms with van der Waals surface area (Å²) in [6, 6.07) is -1.73. The van der Waals surface area contributed by atoms with Crippen LogP contribution in [0.15, 0.2) is 0 Å². The van der Waals surface area contributed by atoms with Crippen LogP contribution >= 0.6 is 0 Å². The van der Waals surface area contributed by atoms with E-state index in [2.05, 4.69) is 4.18 Å². The molecule has 2 aliphatic heterocycles. The number of ether oxygens (including phenoxy) is 4. The second-order valence-corrected chi connectivity index (χ2v) is 16.1. The summed E-state index contributed by atoms with van der Waals surface area (Å²) in [5.74, 6) is -4.78. The van der Waals surface area contributed by atoms with Crippen molar-refractivity contribution in [1.29, 1.82) is 0 Å². The van der Waals surface area contributed by atoms with Crippen molar-refractivity contribution in [3.8, 4) is 0 Å². The number of carboxylic acid groups (broad SMARTS) is 1. The minimum Gasteiger partial charge on any atom is -0.479 e. The van der Waals surface area contributed by atoms with E-state index in [1.807, 2.05) is 4.72 Å². The van der Waals surface area contributed by atoms with Crippen molar-refractivity contribution in [2.75, 3.05) is 12.4 Å². The van der Waals surface area contributed by atoms with E-state index >= 15 is 0 Å². The molecule has 19 nitrogen and oxygen atoms in total. The Bertz CT molecular complexity index is 1380. The number of aliphatic hydroxyl groups excluding tert-OH is 2. The van der Waals surface area contributed by atoms with Gasteiger partial charge in [-0.3, -0.25) is 13.7 Å². The minimum atomic E-state index is -5.14. The van der Waals surface area contributed by atoms with Gasteiger partial charge in [-0.15, -0.1) is 0 Å². The fraction of sp³-hybridized carbons (Fsp3) is 0.960. The third-order valence-corrected chi connectivity index (χ3v) is 11.1. The van der Waals surface area contributed by atoms with Crippen LogP contribution in [0.2, 0.25) is 0 Å². The molecule has 7 N–H and O–H groups in total. The van der Waals surface area contributed by atoms with Gasteiger partial charge in [0.15, 0.2) is 12.4 Å². The summed E-state index contributed by atoms with van der Waals surface area (Å²) in [4.78, 5) is 12.3. The van der Waals surface area contributed by atoms with Crippen molar-refractivity contribution in [3.63, 3.8) is 0 Å². The lowest BCUT2D eigenvalue weighted by molar-refractivity contribution is -0.331. The Morgan fingerprint density at radius 3 is 1.83 bits per heavy atom. The van der Waals surface area contributed by atoms with Crippen LogP contribution in [0.4, 0.5) is 0 Å². The summed E-state index contributed by atoms with van der Waals surface area (Å²) in [7, 11) is -15.2. The number of rotatable bonds is 17. The SMILES string of the molecule is CCC(C)(CC)O[C@@H]1C(C(=O)O)O[C@@H](O[C@@H]2C(COS(=O)(=O)O)O[C@H](C(C)(CC)CC)C(NS(=O)(=O)O)C2O)C(CS(=O)(=O)O)C1O. The van der Waals surface area contributed by atoms with E-state index in [1.165, 1.54) is 0 Å². The molecule has 2 heterocycles. The molecule has 0 aromatic heterocycles. The molecule has 47 heavy (non-hydrogen) atoms. The van der Waals surface area contributed by atoms with E-state index in [1.54, 1.807) is 41.5 Å².